The summed E-state index contributed by atoms with van der Waals surface area (Å²) in [5.41, 5.74) is 2.36. The van der Waals surface area contributed by atoms with E-state index in [1.54, 1.807) is 0 Å². The summed E-state index contributed by atoms with van der Waals surface area (Å²) in [6.07, 6.45) is 3.38. The molecule has 0 atom stereocenters. The summed E-state index contributed by atoms with van der Waals surface area (Å²) < 4.78 is 0. The molecule has 134 valence electrons. The van der Waals surface area contributed by atoms with Gasteiger partial charge >= 0.3 is 0 Å². The maximum absolute atomic E-state index is 12.4. The van der Waals surface area contributed by atoms with Crippen molar-refractivity contribution in [3.05, 3.63) is 29.8 Å². The molecule has 5 nitrogen and oxygen atoms in total. The van der Waals surface area contributed by atoms with E-state index in [0.29, 0.717) is 6.42 Å². The van der Waals surface area contributed by atoms with E-state index in [4.69, 9.17) is 0 Å². The number of hydrogen-bond acceptors (Lipinski definition) is 2. The number of anilines is 1. The van der Waals surface area contributed by atoms with Crippen molar-refractivity contribution in [1.82, 2.24) is 10.6 Å². The van der Waals surface area contributed by atoms with Crippen LogP contribution in [0.4, 0.5) is 5.69 Å². The van der Waals surface area contributed by atoms with E-state index in [2.05, 4.69) is 35.5 Å². The first-order valence-corrected chi connectivity index (χ1v) is 8.66. The first kappa shape index (κ1) is 20.7. The second kappa shape index (κ2) is 11.3. The van der Waals surface area contributed by atoms with Crippen LogP contribution in [-0.2, 0) is 11.2 Å². The summed E-state index contributed by atoms with van der Waals surface area (Å²) in [7, 11) is 0. The van der Waals surface area contributed by atoms with Gasteiger partial charge in [0.1, 0.15) is 0 Å². The number of carbonyl (C=O) groups excluding carboxylic acids is 1. The Labute approximate surface area is 162 Å². The molecule has 0 fully saturated rings. The Morgan fingerprint density at radius 1 is 1.25 bits per heavy atom. The maximum atomic E-state index is 12.4. The topological polar surface area (TPSA) is 56.7 Å². The Bertz CT molecular complexity index is 548. The largest absolute Gasteiger partial charge is 0.357 e. The van der Waals surface area contributed by atoms with Gasteiger partial charge in [0.25, 0.3) is 0 Å². The summed E-state index contributed by atoms with van der Waals surface area (Å²) in [6, 6.07) is 8.18. The quantitative estimate of drug-likeness (QED) is 0.294. The fourth-order valence-electron chi connectivity index (χ4n) is 2.74. The zero-order valence-electron chi connectivity index (χ0n) is 14.7. The highest BCUT2D eigenvalue weighted by Crippen LogP contribution is 2.27. The van der Waals surface area contributed by atoms with E-state index in [0.717, 1.165) is 57.1 Å². The van der Waals surface area contributed by atoms with Crippen molar-refractivity contribution in [3.8, 4) is 0 Å². The molecule has 24 heavy (non-hydrogen) atoms. The molecule has 0 aromatic heterocycles. The number of fused-ring (bicyclic) bond motifs is 1. The number of guanidine groups is 1. The third kappa shape index (κ3) is 5.96. The van der Waals surface area contributed by atoms with E-state index < -0.39 is 0 Å². The Kier molecular flexibility index (Phi) is 9.75. The molecular weight excluding hydrogens is 415 g/mol. The molecule has 1 amide bonds. The highest BCUT2D eigenvalue weighted by Gasteiger charge is 2.23. The Hall–Kier alpha value is -1.31. The van der Waals surface area contributed by atoms with Crippen molar-refractivity contribution in [2.24, 2.45) is 4.99 Å². The van der Waals surface area contributed by atoms with Crippen molar-refractivity contribution < 1.29 is 4.79 Å². The third-order valence-electron chi connectivity index (χ3n) is 3.89. The average Bonchev–Trinajstić information content (AvgIpc) is 3.00. The molecule has 1 aliphatic rings. The smallest absolute Gasteiger partial charge is 0.227 e. The SMILES string of the molecule is CCCN=C(NCC)NCCCC(=O)N1CCc2ccccc21.I. The van der Waals surface area contributed by atoms with E-state index in [1.165, 1.54) is 5.56 Å². The molecule has 1 aromatic rings. The molecule has 0 unspecified atom stereocenters. The van der Waals surface area contributed by atoms with Crippen LogP contribution >= 0.6 is 24.0 Å². The number of para-hydroxylation sites is 1. The lowest BCUT2D eigenvalue weighted by Crippen LogP contribution is -2.38. The Morgan fingerprint density at radius 3 is 2.79 bits per heavy atom. The van der Waals surface area contributed by atoms with Crippen molar-refractivity contribution in [3.63, 3.8) is 0 Å². The minimum Gasteiger partial charge on any atom is -0.357 e. The second-order valence-corrected chi connectivity index (χ2v) is 5.72. The summed E-state index contributed by atoms with van der Waals surface area (Å²) in [4.78, 5) is 18.8. The van der Waals surface area contributed by atoms with Crippen LogP contribution in [0.1, 0.15) is 38.7 Å². The van der Waals surface area contributed by atoms with Gasteiger partial charge in [0.15, 0.2) is 5.96 Å². The number of nitrogens with one attached hydrogen (secondary N) is 2. The number of amides is 1. The average molecular weight is 444 g/mol. The number of nitrogens with zero attached hydrogens (tertiary/aromatic N) is 2. The Balaban J connectivity index is 0.00000288. The summed E-state index contributed by atoms with van der Waals surface area (Å²) in [6.45, 7) is 7.40. The fourth-order valence-corrected chi connectivity index (χ4v) is 2.74. The van der Waals surface area contributed by atoms with Crippen LogP contribution in [0.15, 0.2) is 29.3 Å². The number of carbonyl (C=O) groups is 1. The van der Waals surface area contributed by atoms with Crippen LogP contribution in [-0.4, -0.2) is 38.0 Å². The monoisotopic (exact) mass is 444 g/mol. The molecule has 0 spiro atoms. The third-order valence-corrected chi connectivity index (χ3v) is 3.89. The number of rotatable bonds is 7. The maximum Gasteiger partial charge on any atom is 0.227 e. The van der Waals surface area contributed by atoms with E-state index in [9.17, 15) is 4.79 Å². The lowest BCUT2D eigenvalue weighted by atomic mass is 10.2. The standard InChI is InChI=1S/C18H28N4O.HI/c1-3-12-20-18(19-4-2)21-13-7-10-17(23)22-14-11-15-8-5-6-9-16(15)22;/h5-6,8-9H,3-4,7,10-14H2,1-2H3,(H2,19,20,21);1H. The molecule has 1 aliphatic heterocycles. The van der Waals surface area contributed by atoms with Crippen LogP contribution in [0, 0.1) is 0 Å². The number of hydrogen-bond donors (Lipinski definition) is 2. The minimum absolute atomic E-state index is 0. The molecule has 2 N–H and O–H groups in total. The molecule has 6 heteroatoms. The summed E-state index contributed by atoms with van der Waals surface area (Å²) in [5.74, 6) is 1.06. The lowest BCUT2D eigenvalue weighted by molar-refractivity contribution is -0.118. The molecule has 0 saturated heterocycles. The Morgan fingerprint density at radius 2 is 2.04 bits per heavy atom. The van der Waals surface area contributed by atoms with Crippen molar-refractivity contribution in [2.45, 2.75) is 39.5 Å². The van der Waals surface area contributed by atoms with Gasteiger partial charge < -0.3 is 15.5 Å². The van der Waals surface area contributed by atoms with Gasteiger partial charge in [-0.25, -0.2) is 0 Å². The fraction of sp³-hybridized carbons (Fsp3) is 0.556. The van der Waals surface area contributed by atoms with E-state index >= 15 is 0 Å². The molecule has 0 aliphatic carbocycles. The predicted molar refractivity (Wildman–Crippen MR) is 111 cm³/mol. The molecule has 2 rings (SSSR count). The van der Waals surface area contributed by atoms with Crippen LogP contribution in [0.25, 0.3) is 0 Å². The molecule has 1 aromatic carbocycles. The lowest BCUT2D eigenvalue weighted by Gasteiger charge is -2.17. The van der Waals surface area contributed by atoms with Gasteiger partial charge in [-0.1, -0.05) is 25.1 Å². The van der Waals surface area contributed by atoms with Crippen molar-refractivity contribution >= 4 is 41.5 Å². The van der Waals surface area contributed by atoms with Gasteiger partial charge in [-0.05, 0) is 37.8 Å². The van der Waals surface area contributed by atoms with Crippen LogP contribution in [0.5, 0.6) is 0 Å². The first-order valence-electron chi connectivity index (χ1n) is 8.66. The first-order chi connectivity index (χ1) is 11.3. The molecular formula is C18H29IN4O. The van der Waals surface area contributed by atoms with E-state index in [1.807, 2.05) is 23.1 Å². The van der Waals surface area contributed by atoms with Gasteiger partial charge in [-0.3, -0.25) is 9.79 Å². The second-order valence-electron chi connectivity index (χ2n) is 5.72. The van der Waals surface area contributed by atoms with Crippen molar-refractivity contribution in [1.29, 1.82) is 0 Å². The predicted octanol–water partition coefficient (Wildman–Crippen LogP) is 2.94. The minimum atomic E-state index is 0. The zero-order chi connectivity index (χ0) is 16.5. The summed E-state index contributed by atoms with van der Waals surface area (Å²) in [5, 5.41) is 6.51. The summed E-state index contributed by atoms with van der Waals surface area (Å²) >= 11 is 0. The number of halogens is 1. The number of aliphatic imine (C=N–C) groups is 1. The van der Waals surface area contributed by atoms with Gasteiger partial charge in [0.2, 0.25) is 5.91 Å². The van der Waals surface area contributed by atoms with Gasteiger partial charge in [-0.2, -0.15) is 0 Å². The van der Waals surface area contributed by atoms with Crippen LogP contribution in [0.3, 0.4) is 0 Å². The zero-order valence-corrected chi connectivity index (χ0v) is 17.0. The van der Waals surface area contributed by atoms with E-state index in [-0.39, 0.29) is 29.9 Å². The molecule has 0 saturated carbocycles. The highest BCUT2D eigenvalue weighted by atomic mass is 127. The molecule has 0 radical (unpaired) electrons. The molecule has 1 heterocycles. The van der Waals surface area contributed by atoms with Crippen LogP contribution < -0.4 is 15.5 Å². The van der Waals surface area contributed by atoms with Gasteiger partial charge in [-0.15, -0.1) is 24.0 Å². The normalized spacial score (nSPS) is 13.2. The highest BCUT2D eigenvalue weighted by molar-refractivity contribution is 14.0. The van der Waals surface area contributed by atoms with Gasteiger partial charge in [0.05, 0.1) is 0 Å². The van der Waals surface area contributed by atoms with Crippen molar-refractivity contribution in [2.75, 3.05) is 31.1 Å². The van der Waals surface area contributed by atoms with Gasteiger partial charge in [0, 0.05) is 38.3 Å². The number of benzene rings is 1. The molecule has 0 bridgehead atoms. The van der Waals surface area contributed by atoms with Crippen LogP contribution in [0.2, 0.25) is 0 Å².